The molecule has 2 aromatic carbocycles. The molecule has 0 aromatic heterocycles. The maximum Gasteiger partial charge on any atom is 0.322 e. The molecule has 4 N–H and O–H groups in total. The first-order valence-electron chi connectivity index (χ1n) is 12.7. The van der Waals surface area contributed by atoms with E-state index in [0.717, 1.165) is 16.9 Å². The third-order valence-corrected chi connectivity index (χ3v) is 5.91. The van der Waals surface area contributed by atoms with Crippen LogP contribution in [0.25, 0.3) is 0 Å². The third-order valence-electron chi connectivity index (χ3n) is 5.91. The van der Waals surface area contributed by atoms with E-state index in [-0.39, 0.29) is 25.4 Å². The summed E-state index contributed by atoms with van der Waals surface area (Å²) in [5.41, 5.74) is 8.21. The van der Waals surface area contributed by atoms with Crippen LogP contribution in [0.4, 0.5) is 0 Å². The molecule has 0 aliphatic heterocycles. The summed E-state index contributed by atoms with van der Waals surface area (Å²) < 4.78 is 15.2. The number of rotatable bonds is 17. The van der Waals surface area contributed by atoms with E-state index in [2.05, 4.69) is 10.1 Å². The normalized spacial score (nSPS) is 12.3. The van der Waals surface area contributed by atoms with E-state index in [4.69, 9.17) is 15.2 Å². The zero-order chi connectivity index (χ0) is 27.8. The minimum atomic E-state index is -0.589. The number of nitrogens with two attached hydrogens (primary N) is 1. The quantitative estimate of drug-likeness (QED) is 0.122. The Morgan fingerprint density at radius 2 is 1.66 bits per heavy atom. The number of hydrogen-bond donors (Lipinski definition) is 3. The van der Waals surface area contributed by atoms with Gasteiger partial charge in [0.1, 0.15) is 18.4 Å². The minimum Gasteiger partial charge on any atom is -0.489 e. The van der Waals surface area contributed by atoms with Crippen LogP contribution in [0.15, 0.2) is 54.6 Å². The summed E-state index contributed by atoms with van der Waals surface area (Å²) in [6, 6.07) is 16.4. The minimum absolute atomic E-state index is 0.00314. The number of nitrogens with zero attached hydrogens (tertiary/aromatic N) is 1. The van der Waals surface area contributed by atoms with Gasteiger partial charge in [-0.2, -0.15) is 0 Å². The topological polar surface area (TPSA) is 140 Å². The average molecular weight is 530 g/mol. The van der Waals surface area contributed by atoms with E-state index in [1.807, 2.05) is 54.6 Å². The molecule has 208 valence electrons. The molecule has 0 aliphatic rings. The van der Waals surface area contributed by atoms with E-state index >= 15 is 0 Å². The van der Waals surface area contributed by atoms with Crippen molar-refractivity contribution in [1.29, 1.82) is 0 Å². The molecule has 0 fully saturated rings. The van der Waals surface area contributed by atoms with Gasteiger partial charge in [0.2, 0.25) is 5.91 Å². The summed E-state index contributed by atoms with van der Waals surface area (Å²) in [6.07, 6.45) is 2.04. The van der Waals surface area contributed by atoms with Crippen molar-refractivity contribution in [3.63, 3.8) is 0 Å². The second kappa shape index (κ2) is 17.1. The van der Waals surface area contributed by atoms with Gasteiger partial charge in [-0.05, 0) is 55.5 Å². The molecule has 0 aliphatic carbocycles. The van der Waals surface area contributed by atoms with E-state index in [0.29, 0.717) is 43.9 Å². The molecule has 0 radical (unpaired) electrons. The van der Waals surface area contributed by atoms with Gasteiger partial charge >= 0.3 is 11.9 Å². The number of carbonyl (C=O) groups is 3. The lowest BCUT2D eigenvalue weighted by molar-refractivity contribution is -0.166. The Bertz CT molecular complexity index is 986. The number of benzene rings is 2. The first-order valence-corrected chi connectivity index (χ1v) is 12.7. The van der Waals surface area contributed by atoms with Crippen LogP contribution in [0, 0.1) is 0 Å². The number of esters is 2. The van der Waals surface area contributed by atoms with Crippen molar-refractivity contribution in [2.45, 2.75) is 57.2 Å². The van der Waals surface area contributed by atoms with E-state index < -0.39 is 24.0 Å². The molecular formula is C28H39N3O7. The molecule has 2 rings (SSSR count). The number of hydroxylamine groups is 2. The molecule has 1 amide bonds. The van der Waals surface area contributed by atoms with Gasteiger partial charge in [-0.15, -0.1) is 0 Å². The number of amides is 1. The molecule has 0 heterocycles. The summed E-state index contributed by atoms with van der Waals surface area (Å²) in [4.78, 5) is 35.5. The number of nitrogens with one attached hydrogen (secondary N) is 1. The third kappa shape index (κ3) is 11.7. The highest BCUT2D eigenvalue weighted by Crippen LogP contribution is 2.15. The smallest absolute Gasteiger partial charge is 0.322 e. The lowest BCUT2D eigenvalue weighted by Gasteiger charge is -2.20. The number of hydrogen-bond acceptors (Lipinski definition) is 9. The van der Waals surface area contributed by atoms with Crippen molar-refractivity contribution in [3.8, 4) is 5.75 Å². The summed E-state index contributed by atoms with van der Waals surface area (Å²) in [6.45, 7) is 0.842. The molecule has 2 atom stereocenters. The van der Waals surface area contributed by atoms with Crippen LogP contribution < -0.4 is 15.8 Å². The van der Waals surface area contributed by atoms with Crippen molar-refractivity contribution in [1.82, 2.24) is 10.4 Å². The number of methoxy groups -OCH3 is 2. The van der Waals surface area contributed by atoms with Gasteiger partial charge in [-0.25, -0.2) is 5.06 Å². The van der Waals surface area contributed by atoms with Crippen molar-refractivity contribution in [2.24, 2.45) is 5.73 Å². The van der Waals surface area contributed by atoms with Gasteiger partial charge in [-0.1, -0.05) is 42.5 Å². The average Bonchev–Trinajstić information content (AvgIpc) is 2.93. The van der Waals surface area contributed by atoms with Crippen LogP contribution in [-0.4, -0.2) is 67.5 Å². The summed E-state index contributed by atoms with van der Waals surface area (Å²) in [7, 11) is 2.61. The SMILES string of the molecule is COC(=O)CCC[C@H](NCCCC(=O)N(O)C[C@@H](N)Cc1ccc(OCc2ccccc2)cc1)C(=O)OC. The summed E-state index contributed by atoms with van der Waals surface area (Å²) in [5.74, 6) is -0.485. The van der Waals surface area contributed by atoms with Crippen LogP contribution in [0.5, 0.6) is 5.75 Å². The van der Waals surface area contributed by atoms with Crippen molar-refractivity contribution in [2.75, 3.05) is 27.3 Å². The molecule has 0 saturated carbocycles. The largest absolute Gasteiger partial charge is 0.489 e. The molecular weight excluding hydrogens is 490 g/mol. The van der Waals surface area contributed by atoms with E-state index in [1.54, 1.807) is 0 Å². The molecule has 0 bridgehead atoms. The van der Waals surface area contributed by atoms with Crippen LogP contribution in [-0.2, 0) is 36.9 Å². The van der Waals surface area contributed by atoms with E-state index in [9.17, 15) is 19.6 Å². The Kier molecular flexibility index (Phi) is 13.9. The van der Waals surface area contributed by atoms with Gasteiger partial charge in [0.15, 0.2) is 0 Å². The highest BCUT2D eigenvalue weighted by Gasteiger charge is 2.20. The van der Waals surface area contributed by atoms with Gasteiger partial charge in [0, 0.05) is 18.9 Å². The number of carbonyl (C=O) groups excluding carboxylic acids is 3. The Labute approximate surface area is 224 Å². The lowest BCUT2D eigenvalue weighted by Crippen LogP contribution is -2.41. The second-order valence-corrected chi connectivity index (χ2v) is 8.96. The predicted octanol–water partition coefficient (Wildman–Crippen LogP) is 2.61. The Morgan fingerprint density at radius 1 is 0.947 bits per heavy atom. The predicted molar refractivity (Wildman–Crippen MR) is 141 cm³/mol. The van der Waals surface area contributed by atoms with Crippen molar-refractivity contribution >= 4 is 17.8 Å². The van der Waals surface area contributed by atoms with Crippen LogP contribution in [0.3, 0.4) is 0 Å². The zero-order valence-electron chi connectivity index (χ0n) is 22.1. The monoisotopic (exact) mass is 529 g/mol. The van der Waals surface area contributed by atoms with Gasteiger partial charge < -0.3 is 25.3 Å². The highest BCUT2D eigenvalue weighted by molar-refractivity contribution is 5.76. The van der Waals surface area contributed by atoms with Crippen molar-refractivity contribution < 1.29 is 33.8 Å². The standard InChI is InChI=1S/C28H39N3O7/c1-36-27(33)12-6-10-25(28(34)37-2)30-17-7-11-26(32)31(35)19-23(29)18-21-13-15-24(16-14-21)38-20-22-8-4-3-5-9-22/h3-5,8-9,13-16,23,25,30,35H,6-7,10-12,17-20,29H2,1-2H3/t23-,25-/m0/s1. The summed E-state index contributed by atoms with van der Waals surface area (Å²) >= 11 is 0. The van der Waals surface area contributed by atoms with E-state index in [1.165, 1.54) is 14.2 Å². The lowest BCUT2D eigenvalue weighted by atomic mass is 10.1. The molecule has 38 heavy (non-hydrogen) atoms. The molecule has 10 heteroatoms. The van der Waals surface area contributed by atoms with Crippen molar-refractivity contribution in [3.05, 3.63) is 65.7 Å². The molecule has 10 nitrogen and oxygen atoms in total. The van der Waals surface area contributed by atoms with Gasteiger partial charge in [0.25, 0.3) is 0 Å². The molecule has 0 saturated heterocycles. The first kappa shape index (κ1) is 30.8. The maximum absolute atomic E-state index is 12.3. The fourth-order valence-corrected chi connectivity index (χ4v) is 3.80. The van der Waals surface area contributed by atoms with Crippen LogP contribution >= 0.6 is 0 Å². The van der Waals surface area contributed by atoms with Crippen LogP contribution in [0.2, 0.25) is 0 Å². The number of ether oxygens (including phenoxy) is 3. The fraction of sp³-hybridized carbons (Fsp3) is 0.464. The zero-order valence-corrected chi connectivity index (χ0v) is 22.1. The molecule has 0 unspecified atom stereocenters. The molecule has 2 aromatic rings. The van der Waals surface area contributed by atoms with Gasteiger partial charge in [0.05, 0.1) is 20.8 Å². The molecule has 0 spiro atoms. The Balaban J connectivity index is 1.67. The highest BCUT2D eigenvalue weighted by atomic mass is 16.5. The Hall–Kier alpha value is -3.47. The maximum atomic E-state index is 12.3. The van der Waals surface area contributed by atoms with Gasteiger partial charge in [-0.3, -0.25) is 19.6 Å². The Morgan fingerprint density at radius 3 is 2.32 bits per heavy atom. The second-order valence-electron chi connectivity index (χ2n) is 8.96. The first-order chi connectivity index (χ1) is 18.3. The fourth-order valence-electron chi connectivity index (χ4n) is 3.80. The van der Waals surface area contributed by atoms with Crippen LogP contribution in [0.1, 0.15) is 43.2 Å². The summed E-state index contributed by atoms with van der Waals surface area (Å²) in [5, 5.41) is 13.8.